The molecule has 0 radical (unpaired) electrons. The number of nitro benzene ring substituents is 1. The molecule has 0 heterocycles. The second-order valence-electron chi connectivity index (χ2n) is 3.49. The largest absolute Gasteiger partial charge is 0.422 e. The van der Waals surface area contributed by atoms with E-state index in [1.807, 2.05) is 0 Å². The van der Waals surface area contributed by atoms with Crippen LogP contribution in [0.15, 0.2) is 18.2 Å². The van der Waals surface area contributed by atoms with Gasteiger partial charge in [0.1, 0.15) is 11.3 Å². The second kappa shape index (κ2) is 4.52. The Morgan fingerprint density at radius 1 is 1.41 bits per heavy atom. The van der Waals surface area contributed by atoms with Crippen molar-refractivity contribution in [3.8, 4) is 0 Å². The van der Waals surface area contributed by atoms with Crippen molar-refractivity contribution in [2.75, 3.05) is 0 Å². The number of nitrogens with zero attached hydrogens (tertiary/aromatic N) is 1. The van der Waals surface area contributed by atoms with Gasteiger partial charge in [0.15, 0.2) is 0 Å². The van der Waals surface area contributed by atoms with Gasteiger partial charge in [0.2, 0.25) is 0 Å². The predicted molar refractivity (Wildman–Crippen MR) is 52.5 cm³/mol. The molecule has 4 nitrogen and oxygen atoms in total. The third-order valence-corrected chi connectivity index (χ3v) is 2.02. The Morgan fingerprint density at radius 3 is 2.41 bits per heavy atom. The zero-order chi connectivity index (χ0) is 13.2. The maximum absolute atomic E-state index is 12.4. The Labute approximate surface area is 94.2 Å². The molecular formula is C10H8F3NO3. The van der Waals surface area contributed by atoms with Crippen LogP contribution in [-0.4, -0.2) is 10.7 Å². The maximum atomic E-state index is 12.4. The first-order valence-corrected chi connectivity index (χ1v) is 4.55. The zero-order valence-electron chi connectivity index (χ0n) is 8.75. The Kier molecular flexibility index (Phi) is 3.50. The van der Waals surface area contributed by atoms with E-state index in [0.29, 0.717) is 6.07 Å². The first-order chi connectivity index (χ1) is 7.71. The summed E-state index contributed by atoms with van der Waals surface area (Å²) < 4.78 is 37.3. The van der Waals surface area contributed by atoms with Crippen LogP contribution in [0.5, 0.6) is 0 Å². The molecular weight excluding hydrogens is 239 g/mol. The van der Waals surface area contributed by atoms with E-state index in [1.54, 1.807) is 0 Å². The van der Waals surface area contributed by atoms with Crippen LogP contribution in [0, 0.1) is 10.1 Å². The van der Waals surface area contributed by atoms with Crippen LogP contribution in [0.4, 0.5) is 18.9 Å². The van der Waals surface area contributed by atoms with Crippen LogP contribution < -0.4 is 0 Å². The molecule has 92 valence electrons. The van der Waals surface area contributed by atoms with Crippen molar-refractivity contribution in [2.45, 2.75) is 19.5 Å². The summed E-state index contributed by atoms with van der Waals surface area (Å²) in [6.45, 7) is 1.25. The number of carbonyl (C=O) groups excluding carboxylic acids is 1. The SMILES string of the molecule is CC(=O)Cc1ccc(C(F)(F)F)c([N+](=O)[O-])c1. The Balaban J connectivity index is 3.27. The second-order valence-corrected chi connectivity index (χ2v) is 3.49. The molecule has 1 aromatic carbocycles. The lowest BCUT2D eigenvalue weighted by Gasteiger charge is -2.08. The third kappa shape index (κ3) is 3.27. The van der Waals surface area contributed by atoms with Gasteiger partial charge in [-0.15, -0.1) is 0 Å². The highest BCUT2D eigenvalue weighted by Gasteiger charge is 2.38. The molecule has 0 saturated heterocycles. The molecule has 1 aromatic rings. The van der Waals surface area contributed by atoms with Gasteiger partial charge in [-0.3, -0.25) is 14.9 Å². The van der Waals surface area contributed by atoms with Gasteiger partial charge in [0.25, 0.3) is 5.69 Å². The third-order valence-electron chi connectivity index (χ3n) is 2.02. The highest BCUT2D eigenvalue weighted by Crippen LogP contribution is 2.36. The minimum Gasteiger partial charge on any atom is -0.300 e. The van der Waals surface area contributed by atoms with E-state index < -0.39 is 22.4 Å². The Bertz CT molecular complexity index is 468. The molecule has 0 spiro atoms. The summed E-state index contributed by atoms with van der Waals surface area (Å²) in [5.41, 5.74) is -2.15. The van der Waals surface area contributed by atoms with E-state index in [1.165, 1.54) is 6.92 Å². The van der Waals surface area contributed by atoms with Crippen LogP contribution in [-0.2, 0) is 17.4 Å². The number of benzene rings is 1. The fourth-order valence-electron chi connectivity index (χ4n) is 1.37. The number of halogens is 3. The topological polar surface area (TPSA) is 60.2 Å². The molecule has 0 aliphatic carbocycles. The van der Waals surface area contributed by atoms with Crippen molar-refractivity contribution in [3.05, 3.63) is 39.4 Å². The van der Waals surface area contributed by atoms with E-state index in [-0.39, 0.29) is 17.8 Å². The predicted octanol–water partition coefficient (Wildman–Crippen LogP) is 2.75. The molecule has 0 fully saturated rings. The molecule has 0 unspecified atom stereocenters. The summed E-state index contributed by atoms with van der Waals surface area (Å²) in [7, 11) is 0. The molecule has 0 aliphatic heterocycles. The van der Waals surface area contributed by atoms with Crippen molar-refractivity contribution in [3.63, 3.8) is 0 Å². The lowest BCUT2D eigenvalue weighted by Crippen LogP contribution is -2.09. The summed E-state index contributed by atoms with van der Waals surface area (Å²) in [4.78, 5) is 20.2. The molecule has 0 N–H and O–H groups in total. The lowest BCUT2D eigenvalue weighted by molar-refractivity contribution is -0.388. The number of nitro groups is 1. The Hall–Kier alpha value is -1.92. The van der Waals surface area contributed by atoms with Crippen molar-refractivity contribution in [1.29, 1.82) is 0 Å². The van der Waals surface area contributed by atoms with Gasteiger partial charge in [-0.25, -0.2) is 0 Å². The van der Waals surface area contributed by atoms with Crippen molar-refractivity contribution < 1.29 is 22.9 Å². The standard InChI is InChI=1S/C10H8F3NO3/c1-6(15)4-7-2-3-8(10(11,12)13)9(5-7)14(16)17/h2-3,5H,4H2,1H3. The van der Waals surface area contributed by atoms with E-state index in [0.717, 1.165) is 12.1 Å². The smallest absolute Gasteiger partial charge is 0.300 e. The first kappa shape index (κ1) is 13.1. The van der Waals surface area contributed by atoms with Crippen LogP contribution >= 0.6 is 0 Å². The van der Waals surface area contributed by atoms with E-state index in [2.05, 4.69) is 0 Å². The summed E-state index contributed by atoms with van der Waals surface area (Å²) in [6.07, 6.45) is -4.91. The summed E-state index contributed by atoms with van der Waals surface area (Å²) in [6, 6.07) is 2.47. The molecule has 7 heteroatoms. The molecule has 0 aromatic heterocycles. The molecule has 0 amide bonds. The average Bonchev–Trinajstić information content (AvgIpc) is 2.14. The molecule has 0 saturated carbocycles. The monoisotopic (exact) mass is 247 g/mol. The van der Waals surface area contributed by atoms with E-state index in [4.69, 9.17) is 0 Å². The van der Waals surface area contributed by atoms with Gasteiger partial charge in [-0.05, 0) is 18.6 Å². The van der Waals surface area contributed by atoms with Crippen molar-refractivity contribution >= 4 is 11.5 Å². The van der Waals surface area contributed by atoms with Gasteiger partial charge < -0.3 is 0 Å². The van der Waals surface area contributed by atoms with E-state index in [9.17, 15) is 28.1 Å². The lowest BCUT2D eigenvalue weighted by atomic mass is 10.0. The maximum Gasteiger partial charge on any atom is 0.422 e. The molecule has 17 heavy (non-hydrogen) atoms. The minimum absolute atomic E-state index is 0.126. The molecule has 0 atom stereocenters. The van der Waals surface area contributed by atoms with Crippen LogP contribution in [0.3, 0.4) is 0 Å². The van der Waals surface area contributed by atoms with Gasteiger partial charge in [-0.1, -0.05) is 6.07 Å². The summed E-state index contributed by atoms with van der Waals surface area (Å²) in [5, 5.41) is 10.5. The van der Waals surface area contributed by atoms with Crippen LogP contribution in [0.2, 0.25) is 0 Å². The van der Waals surface area contributed by atoms with Crippen molar-refractivity contribution in [1.82, 2.24) is 0 Å². The number of rotatable bonds is 3. The molecule has 0 bridgehead atoms. The van der Waals surface area contributed by atoms with Gasteiger partial charge in [0.05, 0.1) is 4.92 Å². The number of ketones is 1. The van der Waals surface area contributed by atoms with Crippen LogP contribution in [0.1, 0.15) is 18.1 Å². The first-order valence-electron chi connectivity index (χ1n) is 4.55. The fourth-order valence-corrected chi connectivity index (χ4v) is 1.37. The van der Waals surface area contributed by atoms with Crippen molar-refractivity contribution in [2.24, 2.45) is 0 Å². The highest BCUT2D eigenvalue weighted by molar-refractivity contribution is 5.78. The number of alkyl halides is 3. The van der Waals surface area contributed by atoms with Gasteiger partial charge >= 0.3 is 6.18 Å². The summed E-state index contributed by atoms with van der Waals surface area (Å²) in [5.74, 6) is -0.279. The minimum atomic E-state index is -4.78. The summed E-state index contributed by atoms with van der Waals surface area (Å²) >= 11 is 0. The van der Waals surface area contributed by atoms with Crippen LogP contribution in [0.25, 0.3) is 0 Å². The normalized spacial score (nSPS) is 11.3. The number of hydrogen-bond acceptors (Lipinski definition) is 3. The van der Waals surface area contributed by atoms with E-state index >= 15 is 0 Å². The average molecular weight is 247 g/mol. The number of carbonyl (C=O) groups is 1. The molecule has 1 rings (SSSR count). The van der Waals surface area contributed by atoms with Gasteiger partial charge in [0, 0.05) is 12.5 Å². The number of hydrogen-bond donors (Lipinski definition) is 0. The Morgan fingerprint density at radius 2 is 2.00 bits per heavy atom. The molecule has 0 aliphatic rings. The zero-order valence-corrected chi connectivity index (χ0v) is 8.75. The number of Topliss-reactive ketones (excluding diaryl/α,β-unsaturated/α-hetero) is 1. The van der Waals surface area contributed by atoms with Gasteiger partial charge in [-0.2, -0.15) is 13.2 Å². The quantitative estimate of drug-likeness (QED) is 0.609. The highest BCUT2D eigenvalue weighted by atomic mass is 19.4. The fraction of sp³-hybridized carbons (Fsp3) is 0.300.